The summed E-state index contributed by atoms with van der Waals surface area (Å²) in [6.45, 7) is 1.81. The number of hydrogen-bond acceptors (Lipinski definition) is 6. The molecule has 0 saturated heterocycles. The first kappa shape index (κ1) is 22.9. The largest absolute Gasteiger partial charge is 0.463 e. The van der Waals surface area contributed by atoms with Gasteiger partial charge >= 0.3 is 5.97 Å². The third kappa shape index (κ3) is 4.09. The second-order valence-corrected chi connectivity index (χ2v) is 8.99. The molecule has 4 rings (SSSR count). The quantitative estimate of drug-likeness (QED) is 0.558. The summed E-state index contributed by atoms with van der Waals surface area (Å²) in [5, 5.41) is 10.9. The average molecular weight is 498 g/mol. The van der Waals surface area contributed by atoms with Crippen molar-refractivity contribution in [2.24, 2.45) is 5.73 Å². The standard InChI is InChI=1S/C24H17Cl2N3O3S/c1-2-32-24(31)20-19(14-7-5-8-15(25)10-14)16(12-27)21(28)29-22(30)18(33-23(20)29)11-13-6-3-4-9-17(13)26/h3-11,19H,2,28H2,1H3/b18-11-. The molecule has 2 N–H and O–H groups in total. The second kappa shape index (κ2) is 9.28. The zero-order valence-corrected chi connectivity index (χ0v) is 19.7. The lowest BCUT2D eigenvalue weighted by atomic mass is 9.84. The Morgan fingerprint density at radius 3 is 2.70 bits per heavy atom. The Morgan fingerprint density at radius 2 is 2.03 bits per heavy atom. The van der Waals surface area contributed by atoms with Gasteiger partial charge in [-0.1, -0.05) is 53.5 Å². The van der Waals surface area contributed by atoms with Gasteiger partial charge in [0.1, 0.15) is 10.5 Å². The minimum atomic E-state index is -0.834. The average Bonchev–Trinajstić information content (AvgIpc) is 3.11. The van der Waals surface area contributed by atoms with Gasteiger partial charge in [0.15, 0.2) is 0 Å². The van der Waals surface area contributed by atoms with Crippen LogP contribution in [0, 0.1) is 11.3 Å². The first-order valence-electron chi connectivity index (χ1n) is 9.92. The lowest BCUT2D eigenvalue weighted by Gasteiger charge is -2.24. The van der Waals surface area contributed by atoms with Crippen molar-refractivity contribution < 1.29 is 9.53 Å². The molecule has 33 heavy (non-hydrogen) atoms. The summed E-state index contributed by atoms with van der Waals surface area (Å²) in [6.07, 6.45) is 1.64. The van der Waals surface area contributed by atoms with E-state index in [9.17, 15) is 14.9 Å². The number of thiazole rings is 1. The number of rotatable bonds is 4. The lowest BCUT2D eigenvalue weighted by molar-refractivity contribution is -0.136. The fourth-order valence-electron chi connectivity index (χ4n) is 3.71. The number of esters is 1. The van der Waals surface area contributed by atoms with Gasteiger partial charge in [0.05, 0.1) is 34.3 Å². The van der Waals surface area contributed by atoms with E-state index in [1.165, 1.54) is 4.57 Å². The molecule has 0 radical (unpaired) electrons. The molecule has 166 valence electrons. The molecule has 0 spiro atoms. The Balaban J connectivity index is 2.12. The molecule has 0 fully saturated rings. The predicted octanol–water partition coefficient (Wildman–Crippen LogP) is 3.21. The molecule has 9 heteroatoms. The number of nitriles is 1. The van der Waals surface area contributed by atoms with Crippen LogP contribution in [0.15, 0.2) is 58.9 Å². The number of benzene rings is 2. The molecule has 1 atom stereocenters. The summed E-state index contributed by atoms with van der Waals surface area (Å²) < 4.78 is 7.12. The molecule has 3 aromatic rings. The summed E-state index contributed by atoms with van der Waals surface area (Å²) in [5.74, 6) is -1.51. The molecule has 0 aliphatic carbocycles. The number of halogens is 2. The minimum absolute atomic E-state index is 0.0365. The molecule has 2 heterocycles. The van der Waals surface area contributed by atoms with E-state index in [4.69, 9.17) is 33.7 Å². The number of carbonyl (C=O) groups excluding carboxylic acids is 1. The summed E-state index contributed by atoms with van der Waals surface area (Å²) in [6, 6.07) is 16.0. The van der Waals surface area contributed by atoms with Crippen LogP contribution in [0.3, 0.4) is 0 Å². The molecule has 1 aromatic heterocycles. The van der Waals surface area contributed by atoms with E-state index in [0.717, 1.165) is 11.3 Å². The number of aromatic nitrogens is 1. The third-order valence-electron chi connectivity index (χ3n) is 5.14. The van der Waals surface area contributed by atoms with Gasteiger partial charge in [0, 0.05) is 10.0 Å². The van der Waals surface area contributed by atoms with Crippen molar-refractivity contribution in [3.63, 3.8) is 0 Å². The van der Waals surface area contributed by atoms with Crippen LogP contribution in [0.4, 0.5) is 0 Å². The number of carbonyl (C=O) groups is 1. The van der Waals surface area contributed by atoms with Crippen molar-refractivity contribution in [3.05, 3.63) is 94.8 Å². The fraction of sp³-hybridized carbons (Fsp3) is 0.125. The normalized spacial score (nSPS) is 15.9. The molecule has 0 bridgehead atoms. The molecule has 1 aliphatic heterocycles. The fourth-order valence-corrected chi connectivity index (χ4v) is 5.25. The highest BCUT2D eigenvalue weighted by Crippen LogP contribution is 2.37. The SMILES string of the molecule is CCOC(=O)C1=c2s/c(=C\c3ccccc3Cl)c(=O)n2C(N)=C(C#N)C1c1cccc(Cl)c1. The van der Waals surface area contributed by atoms with E-state index in [1.54, 1.807) is 61.5 Å². The van der Waals surface area contributed by atoms with Crippen LogP contribution in [-0.4, -0.2) is 17.1 Å². The summed E-state index contributed by atoms with van der Waals surface area (Å²) in [5.41, 5.74) is 7.33. The maximum absolute atomic E-state index is 13.3. The molecular formula is C24H17Cl2N3O3S. The Labute approximate surface area is 203 Å². The Morgan fingerprint density at radius 1 is 1.27 bits per heavy atom. The number of fused-ring (bicyclic) bond motifs is 1. The van der Waals surface area contributed by atoms with Crippen LogP contribution in [-0.2, 0) is 9.53 Å². The lowest BCUT2D eigenvalue weighted by Crippen LogP contribution is -2.40. The van der Waals surface area contributed by atoms with E-state index in [1.807, 2.05) is 0 Å². The first-order chi connectivity index (χ1) is 15.9. The second-order valence-electron chi connectivity index (χ2n) is 7.11. The van der Waals surface area contributed by atoms with Gasteiger partial charge < -0.3 is 10.5 Å². The zero-order chi connectivity index (χ0) is 23.7. The number of hydrogen-bond donors (Lipinski definition) is 1. The van der Waals surface area contributed by atoms with Crippen molar-refractivity contribution >= 4 is 58.0 Å². The van der Waals surface area contributed by atoms with Crippen LogP contribution >= 0.6 is 34.5 Å². The molecule has 2 aromatic carbocycles. The van der Waals surface area contributed by atoms with E-state index in [0.29, 0.717) is 30.4 Å². The van der Waals surface area contributed by atoms with Gasteiger partial charge in [0.25, 0.3) is 5.56 Å². The topological polar surface area (TPSA) is 98.1 Å². The van der Waals surface area contributed by atoms with E-state index in [-0.39, 0.29) is 23.6 Å². The van der Waals surface area contributed by atoms with Crippen molar-refractivity contribution in [3.8, 4) is 6.07 Å². The van der Waals surface area contributed by atoms with Crippen molar-refractivity contribution in [2.45, 2.75) is 12.8 Å². The van der Waals surface area contributed by atoms with Crippen molar-refractivity contribution in [1.29, 1.82) is 5.26 Å². The van der Waals surface area contributed by atoms with Gasteiger partial charge in [-0.05, 0) is 42.3 Å². The summed E-state index contributed by atoms with van der Waals surface area (Å²) >= 11 is 13.5. The molecule has 0 amide bonds. The summed E-state index contributed by atoms with van der Waals surface area (Å²) in [4.78, 5) is 26.4. The molecular weight excluding hydrogens is 481 g/mol. The van der Waals surface area contributed by atoms with Gasteiger partial charge in [-0.3, -0.25) is 9.36 Å². The summed E-state index contributed by atoms with van der Waals surface area (Å²) in [7, 11) is 0. The van der Waals surface area contributed by atoms with Gasteiger partial charge in [-0.2, -0.15) is 5.26 Å². The smallest absolute Gasteiger partial charge is 0.338 e. The van der Waals surface area contributed by atoms with Crippen LogP contribution in [0.2, 0.25) is 10.0 Å². The van der Waals surface area contributed by atoms with Crippen LogP contribution in [0.1, 0.15) is 24.0 Å². The Hall–Kier alpha value is -3.31. The van der Waals surface area contributed by atoms with Crippen LogP contribution in [0.5, 0.6) is 0 Å². The number of ether oxygens (including phenoxy) is 1. The molecule has 1 aliphatic rings. The zero-order valence-electron chi connectivity index (χ0n) is 17.3. The number of nitrogens with two attached hydrogens (primary N) is 1. The van der Waals surface area contributed by atoms with Gasteiger partial charge in [-0.25, -0.2) is 4.79 Å². The maximum atomic E-state index is 13.3. The van der Waals surface area contributed by atoms with Crippen LogP contribution < -0.4 is 20.5 Å². The monoisotopic (exact) mass is 497 g/mol. The van der Waals surface area contributed by atoms with E-state index >= 15 is 0 Å². The molecule has 6 nitrogen and oxygen atoms in total. The van der Waals surface area contributed by atoms with Gasteiger partial charge in [-0.15, -0.1) is 11.3 Å². The van der Waals surface area contributed by atoms with Crippen LogP contribution in [0.25, 0.3) is 17.5 Å². The highest BCUT2D eigenvalue weighted by atomic mass is 35.5. The number of allylic oxidation sites excluding steroid dienone is 1. The van der Waals surface area contributed by atoms with Crippen molar-refractivity contribution in [1.82, 2.24) is 4.57 Å². The molecule has 1 unspecified atom stereocenters. The maximum Gasteiger partial charge on any atom is 0.338 e. The van der Waals surface area contributed by atoms with Crippen molar-refractivity contribution in [2.75, 3.05) is 6.61 Å². The number of nitrogens with zero attached hydrogens (tertiary/aromatic N) is 2. The first-order valence-corrected chi connectivity index (χ1v) is 11.5. The minimum Gasteiger partial charge on any atom is -0.463 e. The Kier molecular flexibility index (Phi) is 6.43. The highest BCUT2D eigenvalue weighted by molar-refractivity contribution is 7.07. The molecule has 0 saturated carbocycles. The predicted molar refractivity (Wildman–Crippen MR) is 130 cm³/mol. The highest BCUT2D eigenvalue weighted by Gasteiger charge is 2.36. The van der Waals surface area contributed by atoms with E-state index in [2.05, 4.69) is 6.07 Å². The Bertz CT molecular complexity index is 1530. The third-order valence-corrected chi connectivity index (χ3v) is 6.83. The van der Waals surface area contributed by atoms with Gasteiger partial charge in [0.2, 0.25) is 0 Å². The van der Waals surface area contributed by atoms with E-state index < -0.39 is 17.4 Å².